The molecule has 3 aromatic rings. The topological polar surface area (TPSA) is 80.6 Å². The molecule has 0 unspecified atom stereocenters. The average Bonchev–Trinajstić information content (AvgIpc) is 2.71. The van der Waals surface area contributed by atoms with Crippen molar-refractivity contribution < 1.29 is 32.2 Å². The highest BCUT2D eigenvalue weighted by Gasteiger charge is 2.29. The lowest BCUT2D eigenvalue weighted by atomic mass is 9.97. The van der Waals surface area contributed by atoms with Crippen molar-refractivity contribution in [3.63, 3.8) is 0 Å². The van der Waals surface area contributed by atoms with Crippen LogP contribution in [0.15, 0.2) is 65.6 Å². The van der Waals surface area contributed by atoms with Crippen molar-refractivity contribution in [2.24, 2.45) is 0 Å². The predicted molar refractivity (Wildman–Crippen MR) is 113 cm³/mol. The molecule has 0 aliphatic rings. The van der Waals surface area contributed by atoms with Crippen molar-refractivity contribution in [3.05, 3.63) is 88.1 Å². The lowest BCUT2D eigenvalue weighted by Crippen LogP contribution is -2.28. The lowest BCUT2D eigenvalue weighted by Gasteiger charge is -2.19. The maximum atomic E-state index is 14.3. The van der Waals surface area contributed by atoms with Crippen LogP contribution in [0.1, 0.15) is 29.8 Å². The molecule has 2 aromatic carbocycles. The van der Waals surface area contributed by atoms with Crippen LogP contribution in [-0.2, 0) is 5.60 Å². The molecule has 1 aromatic heterocycles. The molecule has 0 radical (unpaired) electrons. The summed E-state index contributed by atoms with van der Waals surface area (Å²) in [6.45, 7) is 1.27. The van der Waals surface area contributed by atoms with Crippen molar-refractivity contribution in [2.45, 2.75) is 25.6 Å². The molecule has 0 aliphatic carbocycles. The van der Waals surface area contributed by atoms with Gasteiger partial charge in [0.05, 0.1) is 11.3 Å². The maximum absolute atomic E-state index is 14.3. The second kappa shape index (κ2) is 9.07. The number of hydrogen-bond donors (Lipinski definition) is 2. The molecule has 0 saturated heterocycles. The summed E-state index contributed by atoms with van der Waals surface area (Å²) in [5, 5.41) is 12.4. The third kappa shape index (κ3) is 5.78. The van der Waals surface area contributed by atoms with Gasteiger partial charge in [0, 0.05) is 17.4 Å². The van der Waals surface area contributed by atoms with E-state index in [0.29, 0.717) is 0 Å². The third-order valence-corrected chi connectivity index (χ3v) is 4.59. The molecule has 3 rings (SSSR count). The fourth-order valence-corrected chi connectivity index (χ4v) is 3.08. The van der Waals surface area contributed by atoms with Crippen molar-refractivity contribution in [1.82, 2.24) is 4.57 Å². The number of nitrogens with one attached hydrogen (secondary N) is 1. The zero-order valence-electron chi connectivity index (χ0n) is 17.6. The molecule has 0 atom stereocenters. The first-order valence-electron chi connectivity index (χ1n) is 9.71. The van der Waals surface area contributed by atoms with Crippen LogP contribution in [0.5, 0.6) is 5.75 Å². The van der Waals surface area contributed by atoms with Crippen LogP contribution in [-0.4, -0.2) is 28.4 Å². The Morgan fingerprint density at radius 2 is 1.79 bits per heavy atom. The van der Waals surface area contributed by atoms with E-state index >= 15 is 0 Å². The summed E-state index contributed by atoms with van der Waals surface area (Å²) in [5.41, 5.74) is -2.47. The molecule has 0 fully saturated rings. The van der Waals surface area contributed by atoms with Crippen LogP contribution in [0.4, 0.5) is 23.2 Å². The SMILES string of the molecule is CC(C)(O)c1ccc(NC(=O)c2cccn(-c3ccccc3OCC(F)(F)F)c2=O)cc1F. The van der Waals surface area contributed by atoms with Gasteiger partial charge in [-0.3, -0.25) is 14.2 Å². The van der Waals surface area contributed by atoms with Gasteiger partial charge in [-0.1, -0.05) is 18.2 Å². The predicted octanol–water partition coefficient (Wildman–Crippen LogP) is 4.40. The number of nitrogens with zero attached hydrogens (tertiary/aromatic N) is 1. The van der Waals surface area contributed by atoms with Crippen LogP contribution in [0.2, 0.25) is 0 Å². The summed E-state index contributed by atoms with van der Waals surface area (Å²) in [5.74, 6) is -1.79. The molecule has 1 heterocycles. The molecule has 0 bridgehead atoms. The minimum absolute atomic E-state index is 0.0157. The minimum Gasteiger partial charge on any atom is -0.482 e. The number of halogens is 4. The summed E-state index contributed by atoms with van der Waals surface area (Å²) in [7, 11) is 0. The fraction of sp³-hybridized carbons (Fsp3) is 0.217. The first-order valence-corrected chi connectivity index (χ1v) is 9.71. The highest BCUT2D eigenvalue weighted by Crippen LogP contribution is 2.26. The number of carbonyl (C=O) groups is 1. The molecule has 0 spiro atoms. The van der Waals surface area contributed by atoms with E-state index in [1.165, 1.54) is 68.6 Å². The number of para-hydroxylation sites is 2. The monoisotopic (exact) mass is 464 g/mol. The zero-order valence-corrected chi connectivity index (χ0v) is 17.6. The number of rotatable bonds is 6. The zero-order chi connectivity index (χ0) is 24.4. The Balaban J connectivity index is 1.91. The van der Waals surface area contributed by atoms with Gasteiger partial charge in [-0.05, 0) is 50.2 Å². The molecule has 6 nitrogen and oxygen atoms in total. The van der Waals surface area contributed by atoms with E-state index in [0.717, 1.165) is 10.6 Å². The Kier molecular flexibility index (Phi) is 6.59. The normalized spacial score (nSPS) is 11.8. The van der Waals surface area contributed by atoms with Gasteiger partial charge < -0.3 is 15.2 Å². The molecule has 33 heavy (non-hydrogen) atoms. The largest absolute Gasteiger partial charge is 0.482 e. The Hall–Kier alpha value is -3.66. The van der Waals surface area contributed by atoms with Crippen molar-refractivity contribution in [3.8, 4) is 11.4 Å². The van der Waals surface area contributed by atoms with Crippen molar-refractivity contribution in [2.75, 3.05) is 11.9 Å². The number of pyridine rings is 1. The Morgan fingerprint density at radius 1 is 1.09 bits per heavy atom. The number of alkyl halides is 3. The van der Waals surface area contributed by atoms with Gasteiger partial charge in [0.25, 0.3) is 11.5 Å². The second-order valence-corrected chi connectivity index (χ2v) is 7.68. The third-order valence-electron chi connectivity index (χ3n) is 4.59. The van der Waals surface area contributed by atoms with E-state index < -0.39 is 35.7 Å². The van der Waals surface area contributed by atoms with E-state index in [1.807, 2.05) is 0 Å². The average molecular weight is 464 g/mol. The van der Waals surface area contributed by atoms with Crippen LogP contribution in [0.3, 0.4) is 0 Å². The van der Waals surface area contributed by atoms with Gasteiger partial charge in [0.2, 0.25) is 0 Å². The Bertz CT molecular complexity index is 1230. The Morgan fingerprint density at radius 3 is 2.42 bits per heavy atom. The van der Waals surface area contributed by atoms with Gasteiger partial charge >= 0.3 is 6.18 Å². The summed E-state index contributed by atoms with van der Waals surface area (Å²) in [6, 6.07) is 11.9. The van der Waals surface area contributed by atoms with Gasteiger partial charge in [-0.25, -0.2) is 4.39 Å². The number of amides is 1. The molecular formula is C23H20F4N2O4. The molecule has 2 N–H and O–H groups in total. The number of ether oxygens (including phenoxy) is 1. The summed E-state index contributed by atoms with van der Waals surface area (Å²) in [6.07, 6.45) is -3.29. The first-order chi connectivity index (χ1) is 15.4. The van der Waals surface area contributed by atoms with E-state index in [2.05, 4.69) is 5.32 Å². The first kappa shape index (κ1) is 24.0. The molecule has 174 valence electrons. The maximum Gasteiger partial charge on any atom is 0.422 e. The summed E-state index contributed by atoms with van der Waals surface area (Å²) < 4.78 is 57.8. The molecular weight excluding hydrogens is 444 g/mol. The molecule has 0 aliphatic heterocycles. The van der Waals surface area contributed by atoms with Crippen molar-refractivity contribution in [1.29, 1.82) is 0 Å². The van der Waals surface area contributed by atoms with E-state index in [4.69, 9.17) is 4.74 Å². The van der Waals surface area contributed by atoms with E-state index in [-0.39, 0.29) is 28.3 Å². The standard InChI is InChI=1S/C23H20F4N2O4/c1-22(2,32)16-10-9-14(12-17(16)24)28-20(30)15-6-5-11-29(21(15)31)18-7-3-4-8-19(18)33-13-23(25,26)27/h3-12,32H,13H2,1-2H3,(H,28,30). The van der Waals surface area contributed by atoms with Crippen LogP contribution < -0.4 is 15.6 Å². The number of benzene rings is 2. The quantitative estimate of drug-likeness (QED) is 0.530. The lowest BCUT2D eigenvalue weighted by molar-refractivity contribution is -0.153. The minimum atomic E-state index is -4.57. The molecule has 10 heteroatoms. The highest BCUT2D eigenvalue weighted by molar-refractivity contribution is 6.04. The number of hydrogen-bond acceptors (Lipinski definition) is 4. The van der Waals surface area contributed by atoms with Gasteiger partial charge in [0.1, 0.15) is 17.1 Å². The molecule has 1 amide bonds. The van der Waals surface area contributed by atoms with E-state index in [9.17, 15) is 32.3 Å². The van der Waals surface area contributed by atoms with Crippen LogP contribution in [0, 0.1) is 5.82 Å². The second-order valence-electron chi connectivity index (χ2n) is 7.68. The number of carbonyl (C=O) groups excluding carboxylic acids is 1. The smallest absolute Gasteiger partial charge is 0.422 e. The molecule has 0 saturated carbocycles. The van der Waals surface area contributed by atoms with Crippen LogP contribution >= 0.6 is 0 Å². The van der Waals surface area contributed by atoms with E-state index in [1.54, 1.807) is 0 Å². The van der Waals surface area contributed by atoms with Gasteiger partial charge in [0.15, 0.2) is 6.61 Å². The van der Waals surface area contributed by atoms with Crippen molar-refractivity contribution >= 4 is 11.6 Å². The summed E-state index contributed by atoms with van der Waals surface area (Å²) in [4.78, 5) is 25.6. The van der Waals surface area contributed by atoms with Gasteiger partial charge in [-0.2, -0.15) is 13.2 Å². The highest BCUT2D eigenvalue weighted by atomic mass is 19.4. The van der Waals surface area contributed by atoms with Crippen LogP contribution in [0.25, 0.3) is 5.69 Å². The summed E-state index contributed by atoms with van der Waals surface area (Å²) >= 11 is 0. The Labute approximate surface area is 186 Å². The fourth-order valence-electron chi connectivity index (χ4n) is 3.08. The number of anilines is 1. The number of aromatic nitrogens is 1. The number of aliphatic hydroxyl groups is 1. The van der Waals surface area contributed by atoms with Gasteiger partial charge in [-0.15, -0.1) is 0 Å².